The molecule has 1 aromatic heterocycles. The van der Waals surface area contributed by atoms with Crippen LogP contribution in [0.25, 0.3) is 10.9 Å². The van der Waals surface area contributed by atoms with Gasteiger partial charge in [-0.2, -0.15) is 0 Å². The van der Waals surface area contributed by atoms with Crippen molar-refractivity contribution < 1.29 is 29.1 Å². The molecular weight excluding hydrogens is 470 g/mol. The zero-order valence-electron chi connectivity index (χ0n) is 19.8. The molecule has 3 atom stereocenters. The van der Waals surface area contributed by atoms with Gasteiger partial charge in [-0.05, 0) is 43.9 Å². The lowest BCUT2D eigenvalue weighted by atomic mass is 10.1. The van der Waals surface area contributed by atoms with Crippen LogP contribution in [0.5, 0.6) is 0 Å². The number of rotatable bonds is 15. The molecule has 0 radical (unpaired) electrons. The number of benzene rings is 1. The topological polar surface area (TPSA) is 236 Å². The molecule has 1 aromatic carbocycles. The maximum absolute atomic E-state index is 12.6. The van der Waals surface area contributed by atoms with E-state index in [2.05, 4.69) is 20.9 Å². The van der Waals surface area contributed by atoms with E-state index in [1.165, 1.54) is 0 Å². The van der Waals surface area contributed by atoms with Gasteiger partial charge in [0.05, 0.1) is 19.0 Å². The van der Waals surface area contributed by atoms with Crippen LogP contribution >= 0.6 is 0 Å². The minimum absolute atomic E-state index is 0.125. The van der Waals surface area contributed by atoms with Crippen LogP contribution in [0.2, 0.25) is 0 Å². The maximum atomic E-state index is 12.6. The van der Waals surface area contributed by atoms with Crippen molar-refractivity contribution in [2.24, 2.45) is 17.2 Å². The molecule has 13 nitrogen and oxygen atoms in total. The molecular formula is C23H33N7O6. The molecule has 2 aromatic rings. The third kappa shape index (κ3) is 8.67. The second kappa shape index (κ2) is 13.8. The predicted octanol–water partition coefficient (Wildman–Crippen LogP) is -1.79. The molecule has 11 N–H and O–H groups in total. The molecule has 0 aliphatic carbocycles. The Labute approximate surface area is 207 Å². The first-order valence-corrected chi connectivity index (χ1v) is 11.5. The van der Waals surface area contributed by atoms with Crippen molar-refractivity contribution >= 4 is 40.5 Å². The van der Waals surface area contributed by atoms with E-state index in [-0.39, 0.29) is 12.8 Å². The first kappa shape index (κ1) is 28.3. The molecule has 0 saturated carbocycles. The SMILES string of the molecule is NCCCCC(NC(=O)C(CC(N)=O)NC(=O)CNC(=O)C(N)Cc1c[nH]c2ccccc12)C(=O)O. The first-order valence-electron chi connectivity index (χ1n) is 11.5. The molecule has 13 heteroatoms. The Hall–Kier alpha value is -3.97. The number of hydrogen-bond acceptors (Lipinski definition) is 7. The summed E-state index contributed by atoms with van der Waals surface area (Å²) in [6.07, 6.45) is 2.60. The summed E-state index contributed by atoms with van der Waals surface area (Å²) in [4.78, 5) is 63.2. The summed E-state index contributed by atoms with van der Waals surface area (Å²) in [5.41, 5.74) is 18.3. The van der Waals surface area contributed by atoms with Gasteiger partial charge in [0, 0.05) is 17.1 Å². The number of aromatic nitrogens is 1. The van der Waals surface area contributed by atoms with Gasteiger partial charge in [0.25, 0.3) is 0 Å². The highest BCUT2D eigenvalue weighted by atomic mass is 16.4. The van der Waals surface area contributed by atoms with Gasteiger partial charge in [0.2, 0.25) is 23.6 Å². The number of nitrogens with two attached hydrogens (primary N) is 3. The zero-order valence-corrected chi connectivity index (χ0v) is 19.8. The van der Waals surface area contributed by atoms with Gasteiger partial charge in [-0.15, -0.1) is 0 Å². The van der Waals surface area contributed by atoms with Crippen molar-refractivity contribution in [3.63, 3.8) is 0 Å². The van der Waals surface area contributed by atoms with Crippen LogP contribution in [-0.4, -0.2) is 70.9 Å². The van der Waals surface area contributed by atoms with Crippen molar-refractivity contribution in [3.05, 3.63) is 36.0 Å². The number of carboxylic acids is 1. The fraction of sp³-hybridized carbons (Fsp3) is 0.435. The van der Waals surface area contributed by atoms with Crippen LogP contribution in [0.1, 0.15) is 31.2 Å². The van der Waals surface area contributed by atoms with Gasteiger partial charge >= 0.3 is 5.97 Å². The van der Waals surface area contributed by atoms with E-state index in [1.807, 2.05) is 24.3 Å². The third-order valence-electron chi connectivity index (χ3n) is 5.49. The average Bonchev–Trinajstić information content (AvgIpc) is 3.23. The van der Waals surface area contributed by atoms with Crippen molar-refractivity contribution in [2.45, 2.75) is 50.2 Å². The number of hydrogen-bond donors (Lipinski definition) is 8. The highest BCUT2D eigenvalue weighted by Gasteiger charge is 2.28. The number of unbranched alkanes of at least 4 members (excludes halogenated alkanes) is 1. The second-order valence-electron chi connectivity index (χ2n) is 8.36. The lowest BCUT2D eigenvalue weighted by Crippen LogP contribution is -2.54. The summed E-state index contributed by atoms with van der Waals surface area (Å²) in [5.74, 6) is -4.39. The minimum Gasteiger partial charge on any atom is -0.480 e. The van der Waals surface area contributed by atoms with Gasteiger partial charge in [0.1, 0.15) is 12.1 Å². The number of carbonyl (C=O) groups excluding carboxylic acids is 4. The smallest absolute Gasteiger partial charge is 0.326 e. The van der Waals surface area contributed by atoms with E-state index < -0.39 is 60.7 Å². The fourth-order valence-electron chi connectivity index (χ4n) is 3.61. The molecule has 1 heterocycles. The van der Waals surface area contributed by atoms with E-state index in [1.54, 1.807) is 6.20 Å². The second-order valence-corrected chi connectivity index (χ2v) is 8.36. The molecule has 0 aliphatic heterocycles. The van der Waals surface area contributed by atoms with Crippen LogP contribution in [-0.2, 0) is 30.4 Å². The van der Waals surface area contributed by atoms with Crippen molar-refractivity contribution in [2.75, 3.05) is 13.1 Å². The number of amides is 4. The van der Waals surface area contributed by atoms with E-state index in [0.29, 0.717) is 19.4 Å². The Morgan fingerprint density at radius 1 is 1.00 bits per heavy atom. The molecule has 36 heavy (non-hydrogen) atoms. The van der Waals surface area contributed by atoms with Gasteiger partial charge in [-0.1, -0.05) is 18.2 Å². The Morgan fingerprint density at radius 2 is 1.72 bits per heavy atom. The van der Waals surface area contributed by atoms with E-state index in [4.69, 9.17) is 17.2 Å². The maximum Gasteiger partial charge on any atom is 0.326 e. The summed E-state index contributed by atoms with van der Waals surface area (Å²) in [7, 11) is 0. The molecule has 0 saturated heterocycles. The number of carbonyl (C=O) groups is 5. The standard InChI is InChI=1S/C23H33N7O6/c24-8-4-3-7-17(23(35)36)30-22(34)18(10-19(26)31)29-20(32)12-28-21(33)15(25)9-13-11-27-16-6-2-1-5-14(13)16/h1-2,5-6,11,15,17-18,27H,3-4,7-10,12,24-25H2,(H2,26,31)(H,28,33)(H,29,32)(H,30,34)(H,35,36). The molecule has 3 unspecified atom stereocenters. The van der Waals surface area contributed by atoms with Crippen LogP contribution in [0.4, 0.5) is 0 Å². The number of aromatic amines is 1. The lowest BCUT2D eigenvalue weighted by Gasteiger charge is -2.21. The van der Waals surface area contributed by atoms with Gasteiger partial charge in [0.15, 0.2) is 0 Å². The lowest BCUT2D eigenvalue weighted by molar-refractivity contribution is -0.142. The number of H-pyrrole nitrogens is 1. The van der Waals surface area contributed by atoms with Gasteiger partial charge in [-0.25, -0.2) is 4.79 Å². The highest BCUT2D eigenvalue weighted by Crippen LogP contribution is 2.18. The minimum atomic E-state index is -1.41. The Morgan fingerprint density at radius 3 is 2.39 bits per heavy atom. The predicted molar refractivity (Wildman–Crippen MR) is 131 cm³/mol. The van der Waals surface area contributed by atoms with E-state index in [0.717, 1.165) is 16.5 Å². The first-order chi connectivity index (χ1) is 17.1. The molecule has 0 spiro atoms. The fourth-order valence-corrected chi connectivity index (χ4v) is 3.61. The zero-order chi connectivity index (χ0) is 26.7. The summed E-state index contributed by atoms with van der Waals surface area (Å²) in [6, 6.07) is 3.96. The number of aliphatic carboxylic acids is 1. The number of fused-ring (bicyclic) bond motifs is 1. The summed E-state index contributed by atoms with van der Waals surface area (Å²) in [5, 5.41) is 17.2. The highest BCUT2D eigenvalue weighted by molar-refractivity contribution is 5.95. The normalized spacial score (nSPS) is 13.4. The summed E-state index contributed by atoms with van der Waals surface area (Å²) in [6.45, 7) is -0.139. The van der Waals surface area contributed by atoms with Crippen LogP contribution in [0.15, 0.2) is 30.5 Å². The molecule has 0 fully saturated rings. The van der Waals surface area contributed by atoms with Crippen molar-refractivity contribution in [3.8, 4) is 0 Å². The Kier molecular flexibility index (Phi) is 10.8. The Balaban J connectivity index is 1.90. The van der Waals surface area contributed by atoms with Crippen LogP contribution < -0.4 is 33.2 Å². The third-order valence-corrected chi connectivity index (χ3v) is 5.49. The number of primary amides is 1. The molecule has 4 amide bonds. The Bertz CT molecular complexity index is 1090. The van der Waals surface area contributed by atoms with Crippen molar-refractivity contribution in [1.82, 2.24) is 20.9 Å². The summed E-state index contributed by atoms with van der Waals surface area (Å²) < 4.78 is 0. The number of para-hydroxylation sites is 1. The number of carboxylic acid groups (broad SMARTS) is 1. The van der Waals surface area contributed by atoms with Crippen LogP contribution in [0.3, 0.4) is 0 Å². The van der Waals surface area contributed by atoms with Gasteiger partial charge in [-0.3, -0.25) is 19.2 Å². The average molecular weight is 504 g/mol. The monoisotopic (exact) mass is 503 g/mol. The molecule has 196 valence electrons. The van der Waals surface area contributed by atoms with E-state index >= 15 is 0 Å². The number of nitrogens with one attached hydrogen (secondary N) is 4. The quantitative estimate of drug-likeness (QED) is 0.129. The van der Waals surface area contributed by atoms with Crippen LogP contribution in [0, 0.1) is 0 Å². The largest absolute Gasteiger partial charge is 0.480 e. The molecule has 2 rings (SSSR count). The van der Waals surface area contributed by atoms with Gasteiger partial charge < -0.3 is 43.2 Å². The molecule has 0 aliphatic rings. The van der Waals surface area contributed by atoms with E-state index in [9.17, 15) is 29.1 Å². The summed E-state index contributed by atoms with van der Waals surface area (Å²) >= 11 is 0. The van der Waals surface area contributed by atoms with Crippen molar-refractivity contribution in [1.29, 1.82) is 0 Å². The molecule has 0 bridgehead atoms.